The van der Waals surface area contributed by atoms with Gasteiger partial charge in [-0.1, -0.05) is 6.92 Å². The molecule has 1 saturated heterocycles. The van der Waals surface area contributed by atoms with E-state index in [1.165, 1.54) is 12.5 Å². The van der Waals surface area contributed by atoms with E-state index in [9.17, 15) is 12.8 Å². The van der Waals surface area contributed by atoms with Crippen molar-refractivity contribution in [3.63, 3.8) is 0 Å². The highest BCUT2D eigenvalue weighted by molar-refractivity contribution is 7.88. The van der Waals surface area contributed by atoms with Gasteiger partial charge >= 0.3 is 0 Å². The Hall–Kier alpha value is -2.11. The summed E-state index contributed by atoms with van der Waals surface area (Å²) in [6.45, 7) is 5.53. The highest BCUT2D eigenvalue weighted by Gasteiger charge is 2.34. The molecule has 2 aromatic heterocycles. The fourth-order valence-electron chi connectivity index (χ4n) is 4.45. The van der Waals surface area contributed by atoms with Crippen LogP contribution in [0.15, 0.2) is 12.3 Å². The first kappa shape index (κ1) is 23.1. The molecule has 0 radical (unpaired) electrons. The number of aromatic nitrogens is 4. The number of piperidine rings is 1. The topological polar surface area (TPSA) is 102 Å². The molecule has 9 nitrogen and oxygen atoms in total. The summed E-state index contributed by atoms with van der Waals surface area (Å²) < 4.78 is 48.3. The first-order chi connectivity index (χ1) is 15.2. The minimum Gasteiger partial charge on any atom is -0.376 e. The molecule has 11 heteroatoms. The van der Waals surface area contributed by atoms with Gasteiger partial charge in [-0.05, 0) is 45.1 Å². The second-order valence-electron chi connectivity index (χ2n) is 8.65. The number of aryl methyl sites for hydroxylation is 3. The van der Waals surface area contributed by atoms with Crippen molar-refractivity contribution < 1.29 is 17.5 Å². The SMILES string of the molecule is CCc1cc2n(n1)[C@@H](COC1CCN(c3ncc(F)c(C)n3)CC1)[C@@H](NS(C)(=O)=O)CC2. The zero-order valence-electron chi connectivity index (χ0n) is 18.8. The number of hydrogen-bond acceptors (Lipinski definition) is 7. The van der Waals surface area contributed by atoms with Crippen LogP contribution in [0.2, 0.25) is 0 Å². The summed E-state index contributed by atoms with van der Waals surface area (Å²) in [6.07, 6.45) is 6.38. The van der Waals surface area contributed by atoms with Crippen LogP contribution in [-0.4, -0.2) is 66.3 Å². The Balaban J connectivity index is 1.40. The lowest BCUT2D eigenvalue weighted by molar-refractivity contribution is 0.00599. The van der Waals surface area contributed by atoms with Crippen LogP contribution in [0, 0.1) is 12.7 Å². The first-order valence-corrected chi connectivity index (χ1v) is 13.0. The summed E-state index contributed by atoms with van der Waals surface area (Å²) in [6, 6.07) is 1.67. The van der Waals surface area contributed by atoms with Gasteiger partial charge in [-0.25, -0.2) is 27.5 Å². The van der Waals surface area contributed by atoms with Crippen molar-refractivity contribution in [1.82, 2.24) is 24.5 Å². The number of halogens is 1. The average Bonchev–Trinajstić information content (AvgIpc) is 3.18. The molecule has 176 valence electrons. The van der Waals surface area contributed by atoms with E-state index in [-0.39, 0.29) is 18.2 Å². The summed E-state index contributed by atoms with van der Waals surface area (Å²) in [7, 11) is -3.34. The van der Waals surface area contributed by atoms with Crippen LogP contribution < -0.4 is 9.62 Å². The van der Waals surface area contributed by atoms with E-state index >= 15 is 0 Å². The lowest BCUT2D eigenvalue weighted by Crippen LogP contribution is -2.47. The van der Waals surface area contributed by atoms with Gasteiger partial charge in [-0.2, -0.15) is 5.10 Å². The molecular weight excluding hydrogens is 435 g/mol. The molecule has 4 rings (SSSR count). The van der Waals surface area contributed by atoms with E-state index in [0.717, 1.165) is 56.6 Å². The van der Waals surface area contributed by atoms with Crippen LogP contribution in [0.25, 0.3) is 0 Å². The Morgan fingerprint density at radius 3 is 2.69 bits per heavy atom. The number of rotatable bonds is 7. The molecule has 0 aliphatic carbocycles. The van der Waals surface area contributed by atoms with Crippen molar-refractivity contribution in [3.8, 4) is 0 Å². The van der Waals surface area contributed by atoms with Crippen LogP contribution >= 0.6 is 0 Å². The Bertz CT molecular complexity index is 1050. The number of anilines is 1. The van der Waals surface area contributed by atoms with Gasteiger partial charge < -0.3 is 9.64 Å². The van der Waals surface area contributed by atoms with E-state index < -0.39 is 15.8 Å². The molecule has 1 fully saturated rings. The number of fused-ring (bicyclic) bond motifs is 1. The number of sulfonamides is 1. The Morgan fingerprint density at radius 1 is 1.28 bits per heavy atom. The third kappa shape index (κ3) is 5.26. The Kier molecular flexibility index (Phi) is 6.78. The van der Waals surface area contributed by atoms with E-state index in [1.54, 1.807) is 6.92 Å². The van der Waals surface area contributed by atoms with Crippen LogP contribution in [0.5, 0.6) is 0 Å². The molecule has 1 N–H and O–H groups in total. The van der Waals surface area contributed by atoms with Gasteiger partial charge in [0.1, 0.15) is 0 Å². The summed E-state index contributed by atoms with van der Waals surface area (Å²) in [5.41, 5.74) is 2.48. The summed E-state index contributed by atoms with van der Waals surface area (Å²) in [5, 5.41) is 4.71. The summed E-state index contributed by atoms with van der Waals surface area (Å²) >= 11 is 0. The normalized spacial score (nSPS) is 22.2. The maximum atomic E-state index is 13.5. The highest BCUT2D eigenvalue weighted by atomic mass is 32.2. The van der Waals surface area contributed by atoms with E-state index in [2.05, 4.69) is 27.7 Å². The monoisotopic (exact) mass is 466 g/mol. The van der Waals surface area contributed by atoms with Gasteiger partial charge in [0.05, 0.1) is 42.6 Å². The standard InChI is InChI=1S/C21H31FN6O3S/c1-4-15-11-16-5-6-19(26-32(3,29)30)20(28(16)25-15)13-31-17-7-9-27(10-8-17)21-23-12-18(22)14(2)24-21/h11-12,17,19-20,26H,4-10,13H2,1-3H3/t19-,20-/m0/s1. The van der Waals surface area contributed by atoms with Gasteiger partial charge in [-0.15, -0.1) is 0 Å². The summed E-state index contributed by atoms with van der Waals surface area (Å²) in [5.74, 6) is 0.140. The van der Waals surface area contributed by atoms with Gasteiger partial charge in [0.15, 0.2) is 5.82 Å². The van der Waals surface area contributed by atoms with E-state index in [4.69, 9.17) is 9.84 Å². The maximum Gasteiger partial charge on any atom is 0.225 e. The van der Waals surface area contributed by atoms with Crippen molar-refractivity contribution in [2.45, 2.75) is 64.1 Å². The van der Waals surface area contributed by atoms with Crippen molar-refractivity contribution >= 4 is 16.0 Å². The third-order valence-corrected chi connectivity index (χ3v) is 6.95. The van der Waals surface area contributed by atoms with Crippen molar-refractivity contribution in [3.05, 3.63) is 35.2 Å². The minimum atomic E-state index is -3.34. The van der Waals surface area contributed by atoms with Gasteiger partial charge in [0.2, 0.25) is 16.0 Å². The van der Waals surface area contributed by atoms with Crippen molar-refractivity contribution in [1.29, 1.82) is 0 Å². The second-order valence-corrected chi connectivity index (χ2v) is 10.4. The van der Waals surface area contributed by atoms with Crippen LogP contribution in [0.1, 0.15) is 49.3 Å². The molecule has 0 spiro atoms. The zero-order chi connectivity index (χ0) is 22.9. The van der Waals surface area contributed by atoms with Crippen molar-refractivity contribution in [2.24, 2.45) is 0 Å². The molecule has 0 aromatic carbocycles. The minimum absolute atomic E-state index is 0.0539. The molecule has 2 aliphatic heterocycles. The number of nitrogens with zero attached hydrogens (tertiary/aromatic N) is 5. The fourth-order valence-corrected chi connectivity index (χ4v) is 5.28. The van der Waals surface area contributed by atoms with E-state index in [1.807, 2.05) is 9.58 Å². The third-order valence-electron chi connectivity index (χ3n) is 6.22. The first-order valence-electron chi connectivity index (χ1n) is 11.1. The van der Waals surface area contributed by atoms with Gasteiger partial charge in [0.25, 0.3) is 0 Å². The molecule has 2 aliphatic rings. The molecule has 0 unspecified atom stereocenters. The van der Waals surface area contributed by atoms with Crippen LogP contribution in [0.4, 0.5) is 10.3 Å². The fraction of sp³-hybridized carbons (Fsp3) is 0.667. The Labute approximate surface area is 188 Å². The lowest BCUT2D eigenvalue weighted by atomic mass is 9.98. The molecule has 0 bridgehead atoms. The largest absolute Gasteiger partial charge is 0.376 e. The molecule has 4 heterocycles. The Morgan fingerprint density at radius 2 is 2.03 bits per heavy atom. The van der Waals surface area contributed by atoms with Crippen LogP contribution in [-0.2, 0) is 27.6 Å². The number of ether oxygens (including phenoxy) is 1. The zero-order valence-corrected chi connectivity index (χ0v) is 19.6. The predicted molar refractivity (Wildman–Crippen MR) is 119 cm³/mol. The van der Waals surface area contributed by atoms with E-state index in [0.29, 0.717) is 18.2 Å². The number of hydrogen-bond donors (Lipinski definition) is 1. The lowest BCUT2D eigenvalue weighted by Gasteiger charge is -2.36. The number of nitrogens with one attached hydrogen (secondary N) is 1. The molecule has 2 atom stereocenters. The molecular formula is C21H31FN6O3S. The quantitative estimate of drug-likeness (QED) is 0.663. The summed E-state index contributed by atoms with van der Waals surface area (Å²) in [4.78, 5) is 10.4. The van der Waals surface area contributed by atoms with Crippen molar-refractivity contribution in [2.75, 3.05) is 30.9 Å². The molecule has 2 aromatic rings. The predicted octanol–water partition coefficient (Wildman–Crippen LogP) is 1.77. The second kappa shape index (κ2) is 9.40. The molecule has 0 saturated carbocycles. The smallest absolute Gasteiger partial charge is 0.225 e. The van der Waals surface area contributed by atoms with Crippen LogP contribution in [0.3, 0.4) is 0 Å². The maximum absolute atomic E-state index is 13.5. The van der Waals surface area contributed by atoms with Gasteiger partial charge in [0, 0.05) is 24.8 Å². The van der Waals surface area contributed by atoms with Gasteiger partial charge in [-0.3, -0.25) is 4.68 Å². The molecule has 32 heavy (non-hydrogen) atoms. The highest BCUT2D eigenvalue weighted by Crippen LogP contribution is 2.28. The average molecular weight is 467 g/mol. The molecule has 0 amide bonds.